The minimum atomic E-state index is 0.218. The van der Waals surface area contributed by atoms with Gasteiger partial charge in [0.15, 0.2) is 0 Å². The molecule has 1 aromatic heterocycles. The third-order valence-electron chi connectivity index (χ3n) is 3.55. The van der Waals surface area contributed by atoms with Crippen LogP contribution in [0.15, 0.2) is 18.5 Å². The van der Waals surface area contributed by atoms with E-state index in [1.54, 1.807) is 0 Å². The predicted octanol–water partition coefficient (Wildman–Crippen LogP) is 0.152. The summed E-state index contributed by atoms with van der Waals surface area (Å²) in [4.78, 5) is 4.74. The maximum absolute atomic E-state index is 9.18. The van der Waals surface area contributed by atoms with Crippen LogP contribution in [0, 0.1) is 0 Å². The van der Waals surface area contributed by atoms with Gasteiger partial charge in [-0.1, -0.05) is 0 Å². The van der Waals surface area contributed by atoms with Gasteiger partial charge < -0.3 is 14.4 Å². The number of aromatic nitrogens is 1. The minimum absolute atomic E-state index is 0.218. The first-order valence-electron chi connectivity index (χ1n) is 7.02. The normalized spacial score (nSPS) is 17.2. The molecular weight excluding hydrogens is 242 g/mol. The molecule has 0 saturated carbocycles. The SMILES string of the molecule is Cn1ccc(CN(CCO)CCN2CCOCC2)c1. The summed E-state index contributed by atoms with van der Waals surface area (Å²) in [5.74, 6) is 0. The van der Waals surface area contributed by atoms with Crippen molar-refractivity contribution in [3.8, 4) is 0 Å². The lowest BCUT2D eigenvalue weighted by Gasteiger charge is -2.29. The lowest BCUT2D eigenvalue weighted by atomic mass is 10.3. The molecule has 1 fully saturated rings. The predicted molar refractivity (Wildman–Crippen MR) is 75.0 cm³/mol. The van der Waals surface area contributed by atoms with Crippen molar-refractivity contribution in [3.63, 3.8) is 0 Å². The van der Waals surface area contributed by atoms with E-state index in [2.05, 4.69) is 32.8 Å². The first-order chi connectivity index (χ1) is 9.28. The van der Waals surface area contributed by atoms with E-state index in [1.165, 1.54) is 5.56 Å². The smallest absolute Gasteiger partial charge is 0.0594 e. The molecule has 1 N–H and O–H groups in total. The van der Waals surface area contributed by atoms with E-state index in [4.69, 9.17) is 4.74 Å². The number of morpholine rings is 1. The Morgan fingerprint density at radius 2 is 2.11 bits per heavy atom. The highest BCUT2D eigenvalue weighted by molar-refractivity contribution is 5.09. The van der Waals surface area contributed by atoms with E-state index >= 15 is 0 Å². The molecule has 1 saturated heterocycles. The summed E-state index contributed by atoms with van der Waals surface area (Å²) in [5, 5.41) is 9.18. The van der Waals surface area contributed by atoms with E-state index in [0.29, 0.717) is 0 Å². The second-order valence-electron chi connectivity index (χ2n) is 5.14. The van der Waals surface area contributed by atoms with Crippen molar-refractivity contribution < 1.29 is 9.84 Å². The van der Waals surface area contributed by atoms with Gasteiger partial charge in [-0.25, -0.2) is 0 Å². The molecule has 0 spiro atoms. The van der Waals surface area contributed by atoms with Crippen LogP contribution in [0.2, 0.25) is 0 Å². The van der Waals surface area contributed by atoms with E-state index in [9.17, 15) is 5.11 Å². The summed E-state index contributed by atoms with van der Waals surface area (Å²) in [6.07, 6.45) is 4.20. The van der Waals surface area contributed by atoms with Gasteiger partial charge in [0, 0.05) is 58.7 Å². The summed E-state index contributed by atoms with van der Waals surface area (Å²) in [6, 6.07) is 2.14. The number of hydrogen-bond acceptors (Lipinski definition) is 4. The molecule has 0 bridgehead atoms. The zero-order valence-electron chi connectivity index (χ0n) is 11.8. The lowest BCUT2D eigenvalue weighted by Crippen LogP contribution is -2.41. The highest BCUT2D eigenvalue weighted by Gasteiger charge is 2.12. The van der Waals surface area contributed by atoms with Gasteiger partial charge in [0.25, 0.3) is 0 Å². The Balaban J connectivity index is 1.78. The van der Waals surface area contributed by atoms with Gasteiger partial charge in [0.1, 0.15) is 0 Å². The Hall–Kier alpha value is -0.880. The highest BCUT2D eigenvalue weighted by atomic mass is 16.5. The van der Waals surface area contributed by atoms with E-state index in [1.807, 2.05) is 7.05 Å². The molecule has 0 aliphatic carbocycles. The summed E-state index contributed by atoms with van der Waals surface area (Å²) < 4.78 is 7.42. The van der Waals surface area contributed by atoms with Gasteiger partial charge in [-0.05, 0) is 11.6 Å². The van der Waals surface area contributed by atoms with Crippen LogP contribution in [0.4, 0.5) is 0 Å². The number of ether oxygens (including phenoxy) is 1. The summed E-state index contributed by atoms with van der Waals surface area (Å²) in [7, 11) is 2.04. The second kappa shape index (κ2) is 7.65. The molecule has 19 heavy (non-hydrogen) atoms. The molecule has 0 unspecified atom stereocenters. The van der Waals surface area contributed by atoms with Gasteiger partial charge in [-0.3, -0.25) is 9.80 Å². The van der Waals surface area contributed by atoms with Crippen molar-refractivity contribution in [2.75, 3.05) is 52.5 Å². The molecule has 2 heterocycles. The van der Waals surface area contributed by atoms with Crippen molar-refractivity contribution in [2.45, 2.75) is 6.54 Å². The molecule has 0 amide bonds. The fourth-order valence-corrected chi connectivity index (χ4v) is 2.43. The van der Waals surface area contributed by atoms with Gasteiger partial charge in [0.05, 0.1) is 19.8 Å². The van der Waals surface area contributed by atoms with E-state index in [0.717, 1.165) is 52.5 Å². The number of rotatable bonds is 7. The van der Waals surface area contributed by atoms with Crippen molar-refractivity contribution in [2.24, 2.45) is 7.05 Å². The highest BCUT2D eigenvalue weighted by Crippen LogP contribution is 2.05. The quantitative estimate of drug-likeness (QED) is 0.763. The first-order valence-corrected chi connectivity index (χ1v) is 7.02. The standard InChI is InChI=1S/C14H25N3O2/c1-15-3-2-14(12-15)13-17(6-9-18)5-4-16-7-10-19-11-8-16/h2-3,12,18H,4-11,13H2,1H3. The molecule has 0 atom stereocenters. The third kappa shape index (κ3) is 4.95. The van der Waals surface area contributed by atoms with Gasteiger partial charge in [-0.2, -0.15) is 0 Å². The molecule has 0 radical (unpaired) electrons. The van der Waals surface area contributed by atoms with E-state index < -0.39 is 0 Å². The van der Waals surface area contributed by atoms with Crippen molar-refractivity contribution in [1.29, 1.82) is 0 Å². The van der Waals surface area contributed by atoms with Crippen LogP contribution in [-0.4, -0.2) is 72.0 Å². The van der Waals surface area contributed by atoms with Crippen molar-refractivity contribution >= 4 is 0 Å². The fourth-order valence-electron chi connectivity index (χ4n) is 2.43. The number of aryl methyl sites for hydroxylation is 1. The number of aliphatic hydroxyl groups excluding tert-OH is 1. The Morgan fingerprint density at radius 3 is 2.74 bits per heavy atom. The Labute approximate surface area is 115 Å². The lowest BCUT2D eigenvalue weighted by molar-refractivity contribution is 0.0320. The molecular formula is C14H25N3O2. The maximum atomic E-state index is 9.18. The van der Waals surface area contributed by atoms with Crippen LogP contribution in [0.25, 0.3) is 0 Å². The van der Waals surface area contributed by atoms with Gasteiger partial charge in [-0.15, -0.1) is 0 Å². The molecule has 1 aliphatic rings. The third-order valence-corrected chi connectivity index (χ3v) is 3.55. The zero-order valence-corrected chi connectivity index (χ0v) is 11.8. The second-order valence-corrected chi connectivity index (χ2v) is 5.14. The van der Waals surface area contributed by atoms with Crippen LogP contribution in [0.1, 0.15) is 5.56 Å². The van der Waals surface area contributed by atoms with E-state index in [-0.39, 0.29) is 6.61 Å². The maximum Gasteiger partial charge on any atom is 0.0594 e. The van der Waals surface area contributed by atoms with Gasteiger partial charge in [0.2, 0.25) is 0 Å². The Kier molecular flexibility index (Phi) is 5.85. The zero-order chi connectivity index (χ0) is 13.5. The van der Waals surface area contributed by atoms with Gasteiger partial charge >= 0.3 is 0 Å². The van der Waals surface area contributed by atoms with Crippen LogP contribution in [0.5, 0.6) is 0 Å². The molecule has 1 aliphatic heterocycles. The average Bonchev–Trinajstić information content (AvgIpc) is 2.83. The van der Waals surface area contributed by atoms with Crippen LogP contribution in [-0.2, 0) is 18.3 Å². The molecule has 5 nitrogen and oxygen atoms in total. The van der Waals surface area contributed by atoms with Crippen LogP contribution >= 0.6 is 0 Å². The molecule has 5 heteroatoms. The minimum Gasteiger partial charge on any atom is -0.395 e. The van der Waals surface area contributed by atoms with Crippen molar-refractivity contribution in [1.82, 2.24) is 14.4 Å². The molecule has 108 valence electrons. The molecule has 0 aromatic carbocycles. The summed E-state index contributed by atoms with van der Waals surface area (Å²) >= 11 is 0. The Bertz CT molecular complexity index is 361. The van der Waals surface area contributed by atoms with Crippen LogP contribution < -0.4 is 0 Å². The Morgan fingerprint density at radius 1 is 1.32 bits per heavy atom. The summed E-state index contributed by atoms with van der Waals surface area (Å²) in [5.41, 5.74) is 1.30. The summed E-state index contributed by atoms with van der Waals surface area (Å²) in [6.45, 7) is 7.65. The largest absolute Gasteiger partial charge is 0.395 e. The topological polar surface area (TPSA) is 40.9 Å². The van der Waals surface area contributed by atoms with Crippen LogP contribution in [0.3, 0.4) is 0 Å². The first kappa shape index (κ1) is 14.5. The average molecular weight is 267 g/mol. The number of hydrogen-bond donors (Lipinski definition) is 1. The number of aliphatic hydroxyl groups is 1. The molecule has 1 aromatic rings. The molecule has 2 rings (SSSR count). The number of nitrogens with zero attached hydrogens (tertiary/aromatic N) is 3. The monoisotopic (exact) mass is 267 g/mol. The van der Waals surface area contributed by atoms with Crippen molar-refractivity contribution in [3.05, 3.63) is 24.0 Å². The fraction of sp³-hybridized carbons (Fsp3) is 0.714.